The highest BCUT2D eigenvalue weighted by molar-refractivity contribution is 7.15. The molecular formula is C19H25N3OS. The van der Waals surface area contributed by atoms with E-state index in [4.69, 9.17) is 4.98 Å². The van der Waals surface area contributed by atoms with Crippen LogP contribution in [0.5, 0.6) is 0 Å². The number of amides is 1. The number of likely N-dealkylation sites (tertiary alicyclic amines) is 1. The number of benzene rings is 1. The van der Waals surface area contributed by atoms with Gasteiger partial charge in [-0.25, -0.2) is 4.98 Å². The summed E-state index contributed by atoms with van der Waals surface area (Å²) in [5.41, 5.74) is 3.42. The first-order chi connectivity index (χ1) is 11.5. The molecule has 24 heavy (non-hydrogen) atoms. The third-order valence-corrected chi connectivity index (χ3v) is 5.88. The lowest BCUT2D eigenvalue weighted by Gasteiger charge is -2.28. The molecule has 1 fully saturated rings. The summed E-state index contributed by atoms with van der Waals surface area (Å²) in [5.74, 6) is 0.291. The number of aromatic nitrogens is 1. The van der Waals surface area contributed by atoms with Gasteiger partial charge in [0.2, 0.25) is 5.91 Å². The fourth-order valence-electron chi connectivity index (χ4n) is 3.21. The lowest BCUT2D eigenvalue weighted by molar-refractivity contribution is -0.126. The van der Waals surface area contributed by atoms with Gasteiger partial charge in [0.05, 0.1) is 18.2 Å². The van der Waals surface area contributed by atoms with Crippen molar-refractivity contribution in [2.75, 3.05) is 20.1 Å². The van der Waals surface area contributed by atoms with Crippen LogP contribution in [0.1, 0.15) is 29.0 Å². The van der Waals surface area contributed by atoms with Crippen LogP contribution in [0, 0.1) is 19.8 Å². The lowest BCUT2D eigenvalue weighted by atomic mass is 9.98. The molecule has 0 aliphatic carbocycles. The molecule has 5 heteroatoms. The quantitative estimate of drug-likeness (QED) is 0.925. The molecule has 2 heterocycles. The molecule has 0 saturated carbocycles. The van der Waals surface area contributed by atoms with Crippen molar-refractivity contribution < 1.29 is 4.79 Å². The van der Waals surface area contributed by atoms with Crippen molar-refractivity contribution in [3.8, 4) is 10.6 Å². The van der Waals surface area contributed by atoms with Crippen LogP contribution >= 0.6 is 11.3 Å². The summed E-state index contributed by atoms with van der Waals surface area (Å²) in [6.07, 6.45) is 2.10. The van der Waals surface area contributed by atoms with E-state index < -0.39 is 0 Å². The highest BCUT2D eigenvalue weighted by atomic mass is 32.1. The Morgan fingerprint density at radius 1 is 1.38 bits per heavy atom. The molecule has 2 aromatic rings. The van der Waals surface area contributed by atoms with E-state index in [0.29, 0.717) is 6.54 Å². The number of aryl methyl sites for hydroxylation is 2. The number of rotatable bonds is 4. The normalized spacial score (nSPS) is 18.5. The Balaban J connectivity index is 1.66. The summed E-state index contributed by atoms with van der Waals surface area (Å²) in [4.78, 5) is 20.5. The van der Waals surface area contributed by atoms with Crippen molar-refractivity contribution >= 4 is 17.2 Å². The van der Waals surface area contributed by atoms with Crippen LogP contribution < -0.4 is 5.32 Å². The summed E-state index contributed by atoms with van der Waals surface area (Å²) >= 11 is 1.68. The number of nitrogens with one attached hydrogen (secondary N) is 1. The molecule has 128 valence electrons. The number of carbonyl (C=O) groups excluding carboxylic acids is 1. The number of nitrogens with zero attached hydrogens (tertiary/aromatic N) is 2. The van der Waals surface area contributed by atoms with Gasteiger partial charge in [-0.15, -0.1) is 11.3 Å². The van der Waals surface area contributed by atoms with Gasteiger partial charge in [0.1, 0.15) is 5.01 Å². The fourth-order valence-corrected chi connectivity index (χ4v) is 4.30. The SMILES string of the molecule is Cc1ccccc1-c1nc(C)c(CNC(=O)C2CCCN(C)C2)s1. The Kier molecular flexibility index (Phi) is 5.31. The van der Waals surface area contributed by atoms with Crippen molar-refractivity contribution in [3.05, 3.63) is 40.4 Å². The number of hydrogen-bond donors (Lipinski definition) is 1. The van der Waals surface area contributed by atoms with E-state index in [1.54, 1.807) is 11.3 Å². The Labute approximate surface area is 147 Å². The zero-order valence-corrected chi connectivity index (χ0v) is 15.4. The molecular weight excluding hydrogens is 318 g/mol. The minimum Gasteiger partial charge on any atom is -0.351 e. The van der Waals surface area contributed by atoms with Gasteiger partial charge < -0.3 is 10.2 Å². The Bertz CT molecular complexity index is 725. The highest BCUT2D eigenvalue weighted by Gasteiger charge is 2.24. The molecule has 1 N–H and O–H groups in total. The van der Waals surface area contributed by atoms with E-state index in [-0.39, 0.29) is 11.8 Å². The van der Waals surface area contributed by atoms with Gasteiger partial charge in [0, 0.05) is 17.0 Å². The molecule has 1 atom stereocenters. The van der Waals surface area contributed by atoms with Gasteiger partial charge in [0.25, 0.3) is 0 Å². The fraction of sp³-hybridized carbons (Fsp3) is 0.474. The standard InChI is InChI=1S/C19H25N3OS/c1-13-7-4-5-9-16(13)19-21-14(2)17(24-19)11-20-18(23)15-8-6-10-22(3)12-15/h4-5,7,9,15H,6,8,10-12H2,1-3H3,(H,20,23). The van der Waals surface area contributed by atoms with E-state index in [2.05, 4.69) is 36.3 Å². The van der Waals surface area contributed by atoms with Crippen LogP contribution in [0.15, 0.2) is 24.3 Å². The smallest absolute Gasteiger partial charge is 0.224 e. The topological polar surface area (TPSA) is 45.2 Å². The second-order valence-electron chi connectivity index (χ2n) is 6.66. The summed E-state index contributed by atoms with van der Waals surface area (Å²) in [6, 6.07) is 8.29. The third-order valence-electron chi connectivity index (χ3n) is 4.69. The highest BCUT2D eigenvalue weighted by Crippen LogP contribution is 2.30. The number of piperidine rings is 1. The molecule has 1 saturated heterocycles. The van der Waals surface area contributed by atoms with Gasteiger partial charge in [-0.05, 0) is 45.8 Å². The van der Waals surface area contributed by atoms with Crippen molar-refractivity contribution in [3.63, 3.8) is 0 Å². The molecule has 3 rings (SSSR count). The molecule has 1 aromatic heterocycles. The van der Waals surface area contributed by atoms with E-state index in [1.165, 1.54) is 11.1 Å². The minimum absolute atomic E-state index is 0.118. The molecule has 1 aromatic carbocycles. The van der Waals surface area contributed by atoms with Crippen LogP contribution in [0.2, 0.25) is 0 Å². The maximum Gasteiger partial charge on any atom is 0.224 e. The Morgan fingerprint density at radius 3 is 2.92 bits per heavy atom. The largest absolute Gasteiger partial charge is 0.351 e. The van der Waals surface area contributed by atoms with Gasteiger partial charge >= 0.3 is 0 Å². The first kappa shape index (κ1) is 17.1. The number of hydrogen-bond acceptors (Lipinski definition) is 4. The predicted molar refractivity (Wildman–Crippen MR) is 99.1 cm³/mol. The van der Waals surface area contributed by atoms with Crippen molar-refractivity contribution in [2.45, 2.75) is 33.2 Å². The number of carbonyl (C=O) groups is 1. The average molecular weight is 343 g/mol. The molecule has 4 nitrogen and oxygen atoms in total. The van der Waals surface area contributed by atoms with Crippen molar-refractivity contribution in [2.24, 2.45) is 5.92 Å². The van der Waals surface area contributed by atoms with Crippen LogP contribution in [0.4, 0.5) is 0 Å². The Morgan fingerprint density at radius 2 is 2.17 bits per heavy atom. The molecule has 1 aliphatic heterocycles. The minimum atomic E-state index is 0.118. The third kappa shape index (κ3) is 3.84. The van der Waals surface area contributed by atoms with E-state index in [9.17, 15) is 4.79 Å². The van der Waals surface area contributed by atoms with E-state index >= 15 is 0 Å². The average Bonchev–Trinajstić information content (AvgIpc) is 2.93. The van der Waals surface area contributed by atoms with Crippen molar-refractivity contribution in [1.82, 2.24) is 15.2 Å². The van der Waals surface area contributed by atoms with Crippen LogP contribution in [-0.4, -0.2) is 35.9 Å². The second-order valence-corrected chi connectivity index (χ2v) is 7.75. The predicted octanol–water partition coefficient (Wildman–Crippen LogP) is 3.38. The van der Waals surface area contributed by atoms with Gasteiger partial charge in [0.15, 0.2) is 0 Å². The first-order valence-corrected chi connectivity index (χ1v) is 9.35. The Hall–Kier alpha value is -1.72. The maximum absolute atomic E-state index is 12.4. The first-order valence-electron chi connectivity index (χ1n) is 8.53. The van der Waals surface area contributed by atoms with Gasteiger partial charge in [-0.3, -0.25) is 4.79 Å². The maximum atomic E-state index is 12.4. The number of thiazole rings is 1. The van der Waals surface area contributed by atoms with Crippen LogP contribution in [-0.2, 0) is 11.3 Å². The summed E-state index contributed by atoms with van der Waals surface area (Å²) in [5, 5.41) is 4.15. The molecule has 1 aliphatic rings. The molecule has 0 radical (unpaired) electrons. The summed E-state index contributed by atoms with van der Waals surface area (Å²) < 4.78 is 0. The van der Waals surface area contributed by atoms with E-state index in [0.717, 1.165) is 41.5 Å². The molecule has 0 spiro atoms. The molecule has 1 amide bonds. The van der Waals surface area contributed by atoms with Gasteiger partial charge in [-0.2, -0.15) is 0 Å². The van der Waals surface area contributed by atoms with Gasteiger partial charge in [-0.1, -0.05) is 24.3 Å². The van der Waals surface area contributed by atoms with E-state index in [1.807, 2.05) is 19.1 Å². The molecule has 0 bridgehead atoms. The monoisotopic (exact) mass is 343 g/mol. The lowest BCUT2D eigenvalue weighted by Crippen LogP contribution is -2.41. The summed E-state index contributed by atoms with van der Waals surface area (Å²) in [7, 11) is 2.08. The zero-order valence-electron chi connectivity index (χ0n) is 14.6. The van der Waals surface area contributed by atoms with Crippen molar-refractivity contribution in [1.29, 1.82) is 0 Å². The second kappa shape index (κ2) is 7.45. The van der Waals surface area contributed by atoms with Crippen LogP contribution in [0.3, 0.4) is 0 Å². The summed E-state index contributed by atoms with van der Waals surface area (Å²) in [6.45, 7) is 6.66. The zero-order chi connectivity index (χ0) is 17.1. The van der Waals surface area contributed by atoms with Crippen LogP contribution in [0.25, 0.3) is 10.6 Å². The molecule has 1 unspecified atom stereocenters.